The number of nitrogens with zero attached hydrogens (tertiary/aromatic N) is 2. The van der Waals surface area contributed by atoms with Crippen molar-refractivity contribution in [2.75, 3.05) is 13.1 Å². The van der Waals surface area contributed by atoms with Gasteiger partial charge in [-0.2, -0.15) is 0 Å². The molecule has 1 atom stereocenters. The first-order chi connectivity index (χ1) is 9.39. The Morgan fingerprint density at radius 1 is 1.35 bits per heavy atom. The molecule has 1 aliphatic carbocycles. The molecule has 1 saturated heterocycles. The smallest absolute Gasteiger partial charge is 0.0410 e. The van der Waals surface area contributed by atoms with Crippen LogP contribution in [0.5, 0.6) is 0 Å². The van der Waals surface area contributed by atoms with Gasteiger partial charge in [0.2, 0.25) is 0 Å². The van der Waals surface area contributed by atoms with Crippen LogP contribution in [0.15, 0.2) is 22.9 Å². The lowest BCUT2D eigenvalue weighted by Crippen LogP contribution is -2.67. The third kappa shape index (κ3) is 2.92. The highest BCUT2D eigenvalue weighted by Crippen LogP contribution is 2.42. The summed E-state index contributed by atoms with van der Waals surface area (Å²) >= 11 is 3.52. The van der Waals surface area contributed by atoms with Gasteiger partial charge in [0, 0.05) is 47.6 Å². The molecule has 1 N–H and O–H groups in total. The fourth-order valence-corrected chi connectivity index (χ4v) is 3.64. The van der Waals surface area contributed by atoms with Gasteiger partial charge >= 0.3 is 0 Å². The number of halogens is 1. The summed E-state index contributed by atoms with van der Waals surface area (Å²) in [5, 5.41) is 3.81. The van der Waals surface area contributed by atoms with Crippen molar-refractivity contribution in [1.82, 2.24) is 15.2 Å². The highest BCUT2D eigenvalue weighted by atomic mass is 79.9. The van der Waals surface area contributed by atoms with E-state index in [1.54, 1.807) is 0 Å². The molecule has 4 heteroatoms. The Morgan fingerprint density at radius 2 is 2.10 bits per heavy atom. The molecule has 0 aromatic carbocycles. The molecule has 1 saturated carbocycles. The summed E-state index contributed by atoms with van der Waals surface area (Å²) in [6.45, 7) is 10.2. The fourth-order valence-electron chi connectivity index (χ4n) is 3.22. The minimum Gasteiger partial charge on any atom is -0.308 e. The van der Waals surface area contributed by atoms with Crippen LogP contribution in [-0.4, -0.2) is 34.1 Å². The molecule has 0 bridgehead atoms. The summed E-state index contributed by atoms with van der Waals surface area (Å²) in [7, 11) is 0. The SMILES string of the molecule is CC1(C2CC2)CN(Cc2cncc(Br)c2)C(C)(C)CN1. The number of rotatable bonds is 3. The molecule has 2 heterocycles. The Morgan fingerprint density at radius 3 is 2.75 bits per heavy atom. The second-order valence-electron chi connectivity index (χ2n) is 7.23. The van der Waals surface area contributed by atoms with Crippen molar-refractivity contribution in [2.24, 2.45) is 5.92 Å². The van der Waals surface area contributed by atoms with Gasteiger partial charge in [-0.1, -0.05) is 0 Å². The maximum atomic E-state index is 4.29. The van der Waals surface area contributed by atoms with Crippen molar-refractivity contribution < 1.29 is 0 Å². The molecule has 1 unspecified atom stereocenters. The third-order valence-corrected chi connectivity index (χ3v) is 5.35. The normalized spacial score (nSPS) is 30.4. The second-order valence-corrected chi connectivity index (χ2v) is 8.14. The maximum absolute atomic E-state index is 4.29. The number of hydrogen-bond acceptors (Lipinski definition) is 3. The van der Waals surface area contributed by atoms with Crippen molar-refractivity contribution in [3.63, 3.8) is 0 Å². The van der Waals surface area contributed by atoms with Gasteiger partial charge in [-0.3, -0.25) is 9.88 Å². The molecule has 3 nitrogen and oxygen atoms in total. The third-order valence-electron chi connectivity index (χ3n) is 4.91. The molecule has 2 fully saturated rings. The topological polar surface area (TPSA) is 28.2 Å². The Labute approximate surface area is 130 Å². The molecule has 0 radical (unpaired) electrons. The van der Waals surface area contributed by atoms with E-state index in [1.807, 2.05) is 12.4 Å². The lowest BCUT2D eigenvalue weighted by Gasteiger charge is -2.51. The predicted octanol–water partition coefficient (Wildman–Crippen LogP) is 3.20. The van der Waals surface area contributed by atoms with Gasteiger partial charge in [-0.05, 0) is 67.1 Å². The second kappa shape index (κ2) is 5.08. The van der Waals surface area contributed by atoms with Gasteiger partial charge in [0.15, 0.2) is 0 Å². The Bertz CT molecular complexity index is 498. The number of nitrogens with one attached hydrogen (secondary N) is 1. The summed E-state index contributed by atoms with van der Waals surface area (Å²) in [4.78, 5) is 6.91. The van der Waals surface area contributed by atoms with E-state index in [4.69, 9.17) is 0 Å². The number of pyridine rings is 1. The molecule has 0 spiro atoms. The molecule has 1 aliphatic heterocycles. The monoisotopic (exact) mass is 337 g/mol. The van der Waals surface area contributed by atoms with Crippen molar-refractivity contribution >= 4 is 15.9 Å². The van der Waals surface area contributed by atoms with E-state index >= 15 is 0 Å². The summed E-state index contributed by atoms with van der Waals surface area (Å²) < 4.78 is 1.06. The van der Waals surface area contributed by atoms with Crippen LogP contribution in [0.3, 0.4) is 0 Å². The van der Waals surface area contributed by atoms with E-state index in [2.05, 4.69) is 58.0 Å². The van der Waals surface area contributed by atoms with Crippen LogP contribution >= 0.6 is 15.9 Å². The zero-order chi connectivity index (χ0) is 14.4. The number of hydrogen-bond donors (Lipinski definition) is 1. The van der Waals surface area contributed by atoms with Gasteiger partial charge in [-0.15, -0.1) is 0 Å². The van der Waals surface area contributed by atoms with E-state index in [0.717, 1.165) is 30.0 Å². The first kappa shape index (κ1) is 14.5. The quantitative estimate of drug-likeness (QED) is 0.917. The summed E-state index contributed by atoms with van der Waals surface area (Å²) in [6, 6.07) is 2.18. The van der Waals surface area contributed by atoms with Crippen molar-refractivity contribution in [1.29, 1.82) is 0 Å². The summed E-state index contributed by atoms with van der Waals surface area (Å²) in [6.07, 6.45) is 6.60. The van der Waals surface area contributed by atoms with E-state index < -0.39 is 0 Å². The lowest BCUT2D eigenvalue weighted by molar-refractivity contribution is 0.0177. The van der Waals surface area contributed by atoms with Crippen molar-refractivity contribution in [3.8, 4) is 0 Å². The minimum atomic E-state index is 0.191. The van der Waals surface area contributed by atoms with Gasteiger partial charge in [0.05, 0.1) is 0 Å². The molecule has 3 rings (SSSR count). The van der Waals surface area contributed by atoms with E-state index in [-0.39, 0.29) is 11.1 Å². The largest absolute Gasteiger partial charge is 0.308 e. The van der Waals surface area contributed by atoms with Crippen LogP contribution in [0, 0.1) is 5.92 Å². The standard InChI is InChI=1S/C16H24BrN3/c1-15(2)10-19-16(3,13-4-5-13)11-20(15)9-12-6-14(17)8-18-7-12/h6-8,13,19H,4-5,9-11H2,1-3H3. The van der Waals surface area contributed by atoms with Crippen LogP contribution in [0.1, 0.15) is 39.2 Å². The molecule has 1 aromatic rings. The van der Waals surface area contributed by atoms with E-state index in [1.165, 1.54) is 18.4 Å². The zero-order valence-electron chi connectivity index (χ0n) is 12.6. The average molecular weight is 338 g/mol. The molecule has 20 heavy (non-hydrogen) atoms. The van der Waals surface area contributed by atoms with Crippen molar-refractivity contribution in [3.05, 3.63) is 28.5 Å². The highest BCUT2D eigenvalue weighted by Gasteiger charge is 2.47. The van der Waals surface area contributed by atoms with Gasteiger partial charge < -0.3 is 5.32 Å². The van der Waals surface area contributed by atoms with Crippen LogP contribution in [0.2, 0.25) is 0 Å². The molecule has 1 aromatic heterocycles. The first-order valence-electron chi connectivity index (χ1n) is 7.49. The fraction of sp³-hybridized carbons (Fsp3) is 0.688. The van der Waals surface area contributed by atoms with E-state index in [9.17, 15) is 0 Å². The van der Waals surface area contributed by atoms with E-state index in [0.29, 0.717) is 0 Å². The zero-order valence-corrected chi connectivity index (χ0v) is 14.2. The number of piperazine rings is 1. The molecule has 110 valence electrons. The van der Waals surface area contributed by atoms with Crippen molar-refractivity contribution in [2.45, 2.75) is 51.2 Å². The van der Waals surface area contributed by atoms with Gasteiger partial charge in [-0.25, -0.2) is 0 Å². The Hall–Kier alpha value is -0.450. The molecular formula is C16H24BrN3. The molecule has 0 amide bonds. The minimum absolute atomic E-state index is 0.191. The average Bonchev–Trinajstić information content (AvgIpc) is 3.19. The maximum Gasteiger partial charge on any atom is 0.0410 e. The Kier molecular flexibility index (Phi) is 3.68. The molecule has 2 aliphatic rings. The summed E-state index contributed by atoms with van der Waals surface area (Å²) in [5.74, 6) is 0.863. The van der Waals surface area contributed by atoms with Gasteiger partial charge in [0.25, 0.3) is 0 Å². The van der Waals surface area contributed by atoms with Crippen LogP contribution in [-0.2, 0) is 6.54 Å². The Balaban J connectivity index is 1.77. The van der Waals surface area contributed by atoms with Crippen LogP contribution < -0.4 is 5.32 Å². The van der Waals surface area contributed by atoms with Crippen LogP contribution in [0.25, 0.3) is 0 Å². The molecular weight excluding hydrogens is 314 g/mol. The predicted molar refractivity (Wildman–Crippen MR) is 85.6 cm³/mol. The van der Waals surface area contributed by atoms with Crippen LogP contribution in [0.4, 0.5) is 0 Å². The number of aromatic nitrogens is 1. The first-order valence-corrected chi connectivity index (χ1v) is 8.28. The van der Waals surface area contributed by atoms with Gasteiger partial charge in [0.1, 0.15) is 0 Å². The highest BCUT2D eigenvalue weighted by molar-refractivity contribution is 9.10. The summed E-state index contributed by atoms with van der Waals surface area (Å²) in [5.41, 5.74) is 1.76. The lowest BCUT2D eigenvalue weighted by atomic mass is 9.86.